The van der Waals surface area contributed by atoms with E-state index < -0.39 is 0 Å². The maximum Gasteiger partial charge on any atom is 0.225 e. The van der Waals surface area contributed by atoms with Crippen LogP contribution in [0.2, 0.25) is 0 Å². The molecule has 0 N–H and O–H groups in total. The number of carbonyl (C=O) groups excluding carboxylic acids is 1. The van der Waals surface area contributed by atoms with Gasteiger partial charge in [0.05, 0.1) is 5.38 Å². The summed E-state index contributed by atoms with van der Waals surface area (Å²) in [6.07, 6.45) is 9.14. The summed E-state index contributed by atoms with van der Waals surface area (Å²) in [5.74, 6) is 1.41. The van der Waals surface area contributed by atoms with E-state index in [4.69, 9.17) is 11.6 Å². The van der Waals surface area contributed by atoms with Crippen molar-refractivity contribution < 1.29 is 4.79 Å². The normalized spacial score (nSPS) is 37.3. The molecule has 2 rings (SSSR count). The van der Waals surface area contributed by atoms with E-state index in [2.05, 4.69) is 6.92 Å². The molecular weight excluding hydrogens is 246 g/mol. The predicted octanol–water partition coefficient (Wildman–Crippen LogP) is 3.82. The summed E-state index contributed by atoms with van der Waals surface area (Å²) in [7, 11) is 1.96. The molecule has 2 unspecified atom stereocenters. The molecule has 2 nitrogen and oxygen atoms in total. The van der Waals surface area contributed by atoms with E-state index in [1.54, 1.807) is 0 Å². The van der Waals surface area contributed by atoms with Crippen LogP contribution in [0.4, 0.5) is 0 Å². The van der Waals surface area contributed by atoms with Crippen LogP contribution in [0.3, 0.4) is 0 Å². The summed E-state index contributed by atoms with van der Waals surface area (Å²) in [4.78, 5) is 14.5. The lowest BCUT2D eigenvalue weighted by molar-refractivity contribution is -0.138. The number of rotatable bonds is 2. The van der Waals surface area contributed by atoms with E-state index in [-0.39, 0.29) is 17.3 Å². The maximum absolute atomic E-state index is 12.5. The zero-order valence-electron chi connectivity index (χ0n) is 11.7. The Kier molecular flexibility index (Phi) is 4.94. The fourth-order valence-electron chi connectivity index (χ4n) is 3.46. The highest BCUT2D eigenvalue weighted by molar-refractivity contribution is 6.21. The zero-order valence-corrected chi connectivity index (χ0v) is 12.5. The second-order valence-electron chi connectivity index (χ2n) is 6.27. The Morgan fingerprint density at radius 1 is 1.06 bits per heavy atom. The van der Waals surface area contributed by atoms with Crippen LogP contribution in [0, 0.1) is 11.8 Å². The number of hydrogen-bond acceptors (Lipinski definition) is 1. The maximum atomic E-state index is 12.5. The number of amides is 1. The Balaban J connectivity index is 1.91. The third kappa shape index (κ3) is 3.20. The minimum Gasteiger partial charge on any atom is -0.341 e. The average Bonchev–Trinajstić information content (AvgIpc) is 2.38. The first-order valence-corrected chi connectivity index (χ1v) is 7.94. The van der Waals surface area contributed by atoms with Crippen molar-refractivity contribution in [3.05, 3.63) is 0 Å². The molecule has 3 heteroatoms. The summed E-state index contributed by atoms with van der Waals surface area (Å²) < 4.78 is 0. The van der Waals surface area contributed by atoms with Crippen molar-refractivity contribution in [2.75, 3.05) is 7.05 Å². The van der Waals surface area contributed by atoms with E-state index in [0.29, 0.717) is 5.91 Å². The Morgan fingerprint density at radius 2 is 1.67 bits per heavy atom. The number of nitrogens with zero attached hydrogens (tertiary/aromatic N) is 1. The lowest BCUT2D eigenvalue weighted by atomic mass is 9.82. The van der Waals surface area contributed by atoms with E-state index in [0.717, 1.165) is 31.6 Å². The van der Waals surface area contributed by atoms with Crippen LogP contribution in [0.15, 0.2) is 0 Å². The zero-order chi connectivity index (χ0) is 13.1. The molecule has 104 valence electrons. The van der Waals surface area contributed by atoms with Crippen LogP contribution in [0.25, 0.3) is 0 Å². The van der Waals surface area contributed by atoms with E-state index in [9.17, 15) is 4.79 Å². The van der Waals surface area contributed by atoms with Gasteiger partial charge in [-0.3, -0.25) is 4.79 Å². The first-order valence-electron chi connectivity index (χ1n) is 7.50. The van der Waals surface area contributed by atoms with Gasteiger partial charge >= 0.3 is 0 Å². The van der Waals surface area contributed by atoms with Gasteiger partial charge in [0.25, 0.3) is 0 Å². The van der Waals surface area contributed by atoms with Crippen LogP contribution in [0.5, 0.6) is 0 Å². The van der Waals surface area contributed by atoms with Crippen molar-refractivity contribution in [2.45, 2.75) is 69.7 Å². The molecule has 0 saturated heterocycles. The molecule has 0 spiro atoms. The van der Waals surface area contributed by atoms with Gasteiger partial charge in [0, 0.05) is 19.0 Å². The molecule has 0 bridgehead atoms. The Hall–Kier alpha value is -0.240. The molecule has 18 heavy (non-hydrogen) atoms. The van der Waals surface area contributed by atoms with Gasteiger partial charge in [-0.25, -0.2) is 0 Å². The number of halogens is 1. The van der Waals surface area contributed by atoms with Crippen molar-refractivity contribution in [2.24, 2.45) is 11.8 Å². The van der Waals surface area contributed by atoms with Gasteiger partial charge in [0.2, 0.25) is 5.91 Å². The van der Waals surface area contributed by atoms with E-state index in [1.165, 1.54) is 25.7 Å². The fraction of sp³-hybridized carbons (Fsp3) is 0.933. The van der Waals surface area contributed by atoms with Gasteiger partial charge in [0.15, 0.2) is 0 Å². The molecule has 2 atom stereocenters. The molecule has 0 aromatic heterocycles. The van der Waals surface area contributed by atoms with E-state index in [1.807, 2.05) is 11.9 Å². The minimum atomic E-state index is 0.162. The molecular formula is C15H26ClNO. The Morgan fingerprint density at radius 3 is 2.28 bits per heavy atom. The highest BCUT2D eigenvalue weighted by Crippen LogP contribution is 2.32. The summed E-state index contributed by atoms with van der Waals surface area (Å²) >= 11 is 6.39. The van der Waals surface area contributed by atoms with Gasteiger partial charge in [-0.15, -0.1) is 11.6 Å². The third-order valence-electron chi connectivity index (χ3n) is 4.86. The number of alkyl halides is 1. The van der Waals surface area contributed by atoms with Crippen LogP contribution < -0.4 is 0 Å². The molecule has 0 heterocycles. The largest absolute Gasteiger partial charge is 0.341 e. The molecule has 2 aliphatic carbocycles. The van der Waals surface area contributed by atoms with Crippen molar-refractivity contribution >= 4 is 17.5 Å². The second-order valence-corrected chi connectivity index (χ2v) is 6.83. The highest BCUT2D eigenvalue weighted by atomic mass is 35.5. The fourth-order valence-corrected chi connectivity index (χ4v) is 3.91. The van der Waals surface area contributed by atoms with Gasteiger partial charge in [-0.2, -0.15) is 0 Å². The van der Waals surface area contributed by atoms with Crippen molar-refractivity contribution in [3.8, 4) is 0 Å². The summed E-state index contributed by atoms with van der Waals surface area (Å²) in [5, 5.41) is 0.162. The molecule has 2 fully saturated rings. The quantitative estimate of drug-likeness (QED) is 0.699. The second kappa shape index (κ2) is 6.27. The van der Waals surface area contributed by atoms with Gasteiger partial charge in [0.1, 0.15) is 0 Å². The molecule has 0 aromatic rings. The smallest absolute Gasteiger partial charge is 0.225 e. The standard InChI is InChI=1S/C15H26ClNO/c1-11-7-9-12(10-8-11)15(18)17(2)14-6-4-3-5-13(14)16/h11-14H,3-10H2,1-2H3. The SMILES string of the molecule is CC1CCC(C(=O)N(C)C2CCCCC2Cl)CC1. The first kappa shape index (κ1) is 14.2. The van der Waals surface area contributed by atoms with Crippen LogP contribution in [-0.2, 0) is 4.79 Å². The van der Waals surface area contributed by atoms with Gasteiger partial charge in [-0.05, 0) is 44.4 Å². The van der Waals surface area contributed by atoms with E-state index >= 15 is 0 Å². The van der Waals surface area contributed by atoms with Crippen LogP contribution in [-0.4, -0.2) is 29.3 Å². The summed E-state index contributed by atoms with van der Waals surface area (Å²) in [6, 6.07) is 0.271. The van der Waals surface area contributed by atoms with Crippen molar-refractivity contribution in [1.82, 2.24) is 4.90 Å². The van der Waals surface area contributed by atoms with Gasteiger partial charge < -0.3 is 4.90 Å². The van der Waals surface area contributed by atoms with Gasteiger partial charge in [-0.1, -0.05) is 19.8 Å². The summed E-state index contributed by atoms with van der Waals surface area (Å²) in [5.41, 5.74) is 0. The van der Waals surface area contributed by atoms with Crippen molar-refractivity contribution in [1.29, 1.82) is 0 Å². The lowest BCUT2D eigenvalue weighted by Crippen LogP contribution is -2.47. The topological polar surface area (TPSA) is 20.3 Å². The third-order valence-corrected chi connectivity index (χ3v) is 5.37. The minimum absolute atomic E-state index is 0.162. The number of hydrogen-bond donors (Lipinski definition) is 0. The molecule has 0 aromatic carbocycles. The first-order chi connectivity index (χ1) is 8.59. The predicted molar refractivity (Wildman–Crippen MR) is 75.8 cm³/mol. The molecule has 0 aliphatic heterocycles. The van der Waals surface area contributed by atoms with Crippen LogP contribution >= 0.6 is 11.6 Å². The summed E-state index contributed by atoms with van der Waals surface area (Å²) in [6.45, 7) is 2.29. The number of carbonyl (C=O) groups is 1. The van der Waals surface area contributed by atoms with Crippen molar-refractivity contribution in [3.63, 3.8) is 0 Å². The lowest BCUT2D eigenvalue weighted by Gasteiger charge is -2.38. The highest BCUT2D eigenvalue weighted by Gasteiger charge is 2.33. The molecule has 2 saturated carbocycles. The van der Waals surface area contributed by atoms with Crippen LogP contribution in [0.1, 0.15) is 58.3 Å². The Bertz CT molecular complexity index is 286. The monoisotopic (exact) mass is 271 g/mol. The molecule has 2 aliphatic rings. The molecule has 1 amide bonds. The molecule has 0 radical (unpaired) electrons. The average molecular weight is 272 g/mol. The Labute approximate surface area is 116 Å².